The fraction of sp³-hybridized carbons (Fsp3) is 0.278. The summed E-state index contributed by atoms with van der Waals surface area (Å²) in [6, 6.07) is 12.0. The molecule has 6 nitrogen and oxygen atoms in total. The molecule has 0 heterocycles. The number of fused-ring (bicyclic) bond motifs is 1. The van der Waals surface area contributed by atoms with E-state index >= 15 is 0 Å². The highest BCUT2D eigenvalue weighted by molar-refractivity contribution is 5.97. The van der Waals surface area contributed by atoms with E-state index in [4.69, 9.17) is 4.74 Å². The number of aryl methyl sites for hydroxylation is 1. The average molecular weight is 326 g/mol. The normalized spacial score (nSPS) is 16.1. The van der Waals surface area contributed by atoms with Crippen molar-refractivity contribution in [3.8, 4) is 5.75 Å². The minimum Gasteiger partial charge on any atom is -0.496 e. The van der Waals surface area contributed by atoms with E-state index in [1.54, 1.807) is 0 Å². The van der Waals surface area contributed by atoms with Crippen molar-refractivity contribution in [2.45, 2.75) is 25.3 Å². The number of carbonyl (C=O) groups is 1. The molecule has 0 aromatic heterocycles. The first-order valence-corrected chi connectivity index (χ1v) is 7.81. The molecule has 24 heavy (non-hydrogen) atoms. The Hall–Kier alpha value is -2.89. The molecule has 1 N–H and O–H groups in total. The standard InChI is InChI=1S/C18H18N2O4/c1-24-17-10-9-13(20(22)23)11-15(17)18(21)19-16-8-4-6-12-5-2-3-7-14(12)16/h2-3,5,7,9-11,16H,4,6,8H2,1H3,(H,19,21)/t16-/m1/s1. The molecule has 0 radical (unpaired) electrons. The number of non-ortho nitro benzene ring substituents is 1. The first-order valence-electron chi connectivity index (χ1n) is 7.81. The summed E-state index contributed by atoms with van der Waals surface area (Å²) < 4.78 is 5.18. The summed E-state index contributed by atoms with van der Waals surface area (Å²) in [6.45, 7) is 0. The molecular formula is C18H18N2O4. The second kappa shape index (κ2) is 6.70. The molecule has 0 spiro atoms. The molecule has 2 aromatic carbocycles. The number of nitro benzene ring substituents is 1. The Kier molecular flexibility index (Phi) is 4.46. The minimum absolute atomic E-state index is 0.0913. The average Bonchev–Trinajstić information content (AvgIpc) is 2.61. The van der Waals surface area contributed by atoms with Gasteiger partial charge in [0, 0.05) is 12.1 Å². The second-order valence-corrected chi connectivity index (χ2v) is 5.76. The van der Waals surface area contributed by atoms with E-state index in [1.807, 2.05) is 18.2 Å². The first-order chi connectivity index (χ1) is 11.6. The topological polar surface area (TPSA) is 81.5 Å². The van der Waals surface area contributed by atoms with Crippen molar-refractivity contribution in [1.29, 1.82) is 0 Å². The van der Waals surface area contributed by atoms with Gasteiger partial charge in [0.2, 0.25) is 0 Å². The third-order valence-corrected chi connectivity index (χ3v) is 4.31. The molecule has 0 saturated heterocycles. The van der Waals surface area contributed by atoms with Crippen molar-refractivity contribution < 1.29 is 14.5 Å². The Morgan fingerprint density at radius 3 is 2.83 bits per heavy atom. The van der Waals surface area contributed by atoms with Gasteiger partial charge in [-0.05, 0) is 36.5 Å². The summed E-state index contributed by atoms with van der Waals surface area (Å²) in [5.74, 6) is -0.0422. The van der Waals surface area contributed by atoms with Gasteiger partial charge in [0.15, 0.2) is 0 Å². The van der Waals surface area contributed by atoms with Crippen molar-refractivity contribution in [2.75, 3.05) is 7.11 Å². The highest BCUT2D eigenvalue weighted by Crippen LogP contribution is 2.31. The molecular weight excluding hydrogens is 308 g/mol. The molecule has 0 bridgehead atoms. The van der Waals surface area contributed by atoms with Gasteiger partial charge in [-0.25, -0.2) is 0 Å². The molecule has 0 aliphatic heterocycles. The number of hydrogen-bond acceptors (Lipinski definition) is 4. The summed E-state index contributed by atoms with van der Waals surface area (Å²) in [6.07, 6.45) is 2.84. The van der Waals surface area contributed by atoms with Crippen LogP contribution in [0.2, 0.25) is 0 Å². The van der Waals surface area contributed by atoms with Crippen molar-refractivity contribution in [3.63, 3.8) is 0 Å². The minimum atomic E-state index is -0.522. The Balaban J connectivity index is 1.88. The lowest BCUT2D eigenvalue weighted by molar-refractivity contribution is -0.384. The largest absolute Gasteiger partial charge is 0.496 e. The maximum atomic E-state index is 12.7. The molecule has 1 aliphatic rings. The third kappa shape index (κ3) is 3.08. The maximum absolute atomic E-state index is 12.7. The number of carbonyl (C=O) groups excluding carboxylic acids is 1. The highest BCUT2D eigenvalue weighted by Gasteiger charge is 2.24. The zero-order chi connectivity index (χ0) is 17.1. The summed E-state index contributed by atoms with van der Waals surface area (Å²) in [4.78, 5) is 23.1. The Morgan fingerprint density at radius 1 is 1.29 bits per heavy atom. The van der Waals surface area contributed by atoms with Gasteiger partial charge in [-0.2, -0.15) is 0 Å². The molecule has 1 amide bonds. The number of rotatable bonds is 4. The van der Waals surface area contributed by atoms with Crippen LogP contribution in [0, 0.1) is 10.1 Å². The number of hydrogen-bond donors (Lipinski definition) is 1. The summed E-state index contributed by atoms with van der Waals surface area (Å²) in [5.41, 5.74) is 2.39. The lowest BCUT2D eigenvalue weighted by Gasteiger charge is -2.26. The molecule has 124 valence electrons. The summed E-state index contributed by atoms with van der Waals surface area (Å²) >= 11 is 0. The number of nitro groups is 1. The lowest BCUT2D eigenvalue weighted by atomic mass is 9.87. The van der Waals surface area contributed by atoms with Gasteiger partial charge < -0.3 is 10.1 Å². The molecule has 2 aromatic rings. The van der Waals surface area contributed by atoms with E-state index in [-0.39, 0.29) is 23.2 Å². The predicted octanol–water partition coefficient (Wildman–Crippen LogP) is 3.41. The van der Waals surface area contributed by atoms with E-state index in [0.29, 0.717) is 5.75 Å². The van der Waals surface area contributed by atoms with Gasteiger partial charge in [-0.1, -0.05) is 24.3 Å². The van der Waals surface area contributed by atoms with Crippen molar-refractivity contribution in [2.24, 2.45) is 0 Å². The van der Waals surface area contributed by atoms with Crippen molar-refractivity contribution in [3.05, 3.63) is 69.3 Å². The van der Waals surface area contributed by atoms with E-state index in [1.165, 1.54) is 30.9 Å². The monoisotopic (exact) mass is 326 g/mol. The molecule has 0 unspecified atom stereocenters. The molecule has 6 heteroatoms. The number of benzene rings is 2. The fourth-order valence-electron chi connectivity index (χ4n) is 3.13. The first kappa shape index (κ1) is 16.0. The van der Waals surface area contributed by atoms with Crippen molar-refractivity contribution >= 4 is 11.6 Å². The highest BCUT2D eigenvalue weighted by atomic mass is 16.6. The SMILES string of the molecule is COc1ccc([N+](=O)[O-])cc1C(=O)N[C@@H]1CCCc2ccccc21. The number of amides is 1. The molecule has 0 saturated carbocycles. The van der Waals surface area contributed by atoms with E-state index in [0.717, 1.165) is 24.8 Å². The number of ether oxygens (including phenoxy) is 1. The van der Waals surface area contributed by atoms with Gasteiger partial charge in [-0.3, -0.25) is 14.9 Å². The zero-order valence-corrected chi connectivity index (χ0v) is 13.3. The van der Waals surface area contributed by atoms with Crippen molar-refractivity contribution in [1.82, 2.24) is 5.32 Å². The molecule has 1 aliphatic carbocycles. The van der Waals surface area contributed by atoms with Crippen LogP contribution in [0.1, 0.15) is 40.4 Å². The Morgan fingerprint density at radius 2 is 2.08 bits per heavy atom. The van der Waals surface area contributed by atoms with E-state index in [2.05, 4.69) is 11.4 Å². The fourth-order valence-corrected chi connectivity index (χ4v) is 3.13. The van der Waals surface area contributed by atoms with Crippen LogP contribution in [-0.4, -0.2) is 17.9 Å². The lowest BCUT2D eigenvalue weighted by Crippen LogP contribution is -2.31. The van der Waals surface area contributed by atoms with Crippen LogP contribution in [-0.2, 0) is 6.42 Å². The van der Waals surface area contributed by atoms with Crippen LogP contribution in [0.5, 0.6) is 5.75 Å². The summed E-state index contributed by atoms with van der Waals surface area (Å²) in [5, 5.41) is 14.0. The number of nitrogens with one attached hydrogen (secondary N) is 1. The maximum Gasteiger partial charge on any atom is 0.270 e. The number of nitrogens with zero attached hydrogens (tertiary/aromatic N) is 1. The second-order valence-electron chi connectivity index (χ2n) is 5.76. The Bertz CT molecular complexity index is 788. The van der Waals surface area contributed by atoms with Crippen LogP contribution < -0.4 is 10.1 Å². The summed E-state index contributed by atoms with van der Waals surface area (Å²) in [7, 11) is 1.44. The zero-order valence-electron chi connectivity index (χ0n) is 13.3. The third-order valence-electron chi connectivity index (χ3n) is 4.31. The number of methoxy groups -OCH3 is 1. The van der Waals surface area contributed by atoms with Gasteiger partial charge in [0.1, 0.15) is 5.75 Å². The predicted molar refractivity (Wildman–Crippen MR) is 89.2 cm³/mol. The van der Waals surface area contributed by atoms with Crippen LogP contribution in [0.25, 0.3) is 0 Å². The van der Waals surface area contributed by atoms with Crippen LogP contribution in [0.15, 0.2) is 42.5 Å². The van der Waals surface area contributed by atoms with E-state index < -0.39 is 4.92 Å². The van der Waals surface area contributed by atoms with Crippen LogP contribution in [0.3, 0.4) is 0 Å². The van der Waals surface area contributed by atoms with Gasteiger partial charge >= 0.3 is 0 Å². The van der Waals surface area contributed by atoms with Gasteiger partial charge in [-0.15, -0.1) is 0 Å². The van der Waals surface area contributed by atoms with Gasteiger partial charge in [0.25, 0.3) is 11.6 Å². The molecule has 0 fully saturated rings. The van der Waals surface area contributed by atoms with Crippen LogP contribution in [0.4, 0.5) is 5.69 Å². The van der Waals surface area contributed by atoms with Crippen LogP contribution >= 0.6 is 0 Å². The van der Waals surface area contributed by atoms with Gasteiger partial charge in [0.05, 0.1) is 23.6 Å². The quantitative estimate of drug-likeness (QED) is 0.689. The molecule has 3 rings (SSSR count). The van der Waals surface area contributed by atoms with E-state index in [9.17, 15) is 14.9 Å². The molecule has 1 atom stereocenters. The smallest absolute Gasteiger partial charge is 0.270 e. The Labute approximate surface area is 139 Å².